The van der Waals surface area contributed by atoms with Crippen molar-refractivity contribution in [2.75, 3.05) is 6.61 Å². The molecule has 2 N–H and O–H groups in total. The Bertz CT molecular complexity index is 90.3. The molecular weight excluding hydrogens is 120 g/mol. The van der Waals surface area contributed by atoms with Crippen LogP contribution >= 0.6 is 0 Å². The Morgan fingerprint density at radius 3 is 2.56 bits per heavy atom. The van der Waals surface area contributed by atoms with Gasteiger partial charge in [-0.15, -0.1) is 0 Å². The minimum absolute atomic E-state index is 0.0440. The summed E-state index contributed by atoms with van der Waals surface area (Å²) in [4.78, 5) is 10.3. The van der Waals surface area contributed by atoms with Crippen LogP contribution in [0, 0.1) is 0 Å². The van der Waals surface area contributed by atoms with Crippen LogP contribution in [0.1, 0.15) is 19.8 Å². The molecule has 3 nitrogen and oxygen atoms in total. The van der Waals surface area contributed by atoms with Gasteiger partial charge in [0, 0.05) is 6.42 Å². The number of rotatable bonds is 4. The van der Waals surface area contributed by atoms with Gasteiger partial charge in [0.1, 0.15) is 5.78 Å². The van der Waals surface area contributed by atoms with Crippen molar-refractivity contribution in [1.82, 2.24) is 0 Å². The maximum atomic E-state index is 10.3. The Morgan fingerprint density at radius 2 is 2.22 bits per heavy atom. The number of aliphatic hydroxyl groups excluding tert-OH is 2. The van der Waals surface area contributed by atoms with Crippen LogP contribution in [0.4, 0.5) is 0 Å². The first-order chi connectivity index (χ1) is 4.16. The van der Waals surface area contributed by atoms with Gasteiger partial charge in [-0.05, 0) is 13.3 Å². The summed E-state index contributed by atoms with van der Waals surface area (Å²) in [6.07, 6.45) is -0.0120. The molecule has 0 aromatic heterocycles. The van der Waals surface area contributed by atoms with Crippen LogP contribution in [-0.2, 0) is 4.79 Å². The van der Waals surface area contributed by atoms with Crippen molar-refractivity contribution in [3.8, 4) is 0 Å². The van der Waals surface area contributed by atoms with E-state index in [1.165, 1.54) is 6.92 Å². The Morgan fingerprint density at radius 1 is 1.67 bits per heavy atom. The van der Waals surface area contributed by atoms with Crippen LogP contribution in [-0.4, -0.2) is 28.7 Å². The quantitative estimate of drug-likeness (QED) is 0.552. The highest BCUT2D eigenvalue weighted by molar-refractivity contribution is 5.75. The van der Waals surface area contributed by atoms with Crippen LogP contribution < -0.4 is 0 Å². The van der Waals surface area contributed by atoms with Gasteiger partial charge < -0.3 is 15.0 Å². The maximum Gasteiger partial charge on any atom is 0.129 e. The van der Waals surface area contributed by atoms with Crippen LogP contribution in [0.2, 0.25) is 0 Å². The lowest BCUT2D eigenvalue weighted by atomic mass is 10.2. The number of hydrogen-bond donors (Lipinski definition) is 2. The first-order valence-electron chi connectivity index (χ1n) is 2.95. The zero-order chi connectivity index (χ0) is 7.28. The number of carbonyl (C=O) groups excluding carboxylic acids is 1. The van der Waals surface area contributed by atoms with Crippen LogP contribution in [0.25, 0.3) is 0 Å². The number of hydrogen-bond acceptors (Lipinski definition) is 3. The molecule has 1 atom stereocenters. The molecule has 0 aliphatic rings. The number of carbonyl (C=O) groups is 1. The number of ketones is 1. The van der Waals surface area contributed by atoms with Crippen molar-refractivity contribution < 1.29 is 15.0 Å². The normalized spacial score (nSPS) is 13.2. The Hall–Kier alpha value is -0.410. The zero-order valence-electron chi connectivity index (χ0n) is 5.50. The fourth-order valence-electron chi connectivity index (χ4n) is 0.461. The van der Waals surface area contributed by atoms with Crippen molar-refractivity contribution in [1.29, 1.82) is 0 Å². The van der Waals surface area contributed by atoms with Crippen molar-refractivity contribution in [2.24, 2.45) is 0 Å². The lowest BCUT2D eigenvalue weighted by Crippen LogP contribution is -2.12. The van der Waals surface area contributed by atoms with Gasteiger partial charge in [0.05, 0.1) is 12.7 Å². The van der Waals surface area contributed by atoms with E-state index in [1.807, 2.05) is 0 Å². The summed E-state index contributed by atoms with van der Waals surface area (Å²) >= 11 is 0. The summed E-state index contributed by atoms with van der Waals surface area (Å²) in [5.74, 6) is 0.0440. The van der Waals surface area contributed by atoms with Gasteiger partial charge in [0.25, 0.3) is 0 Å². The summed E-state index contributed by atoms with van der Waals surface area (Å²) in [5, 5.41) is 17.0. The predicted molar refractivity (Wildman–Crippen MR) is 33.0 cm³/mol. The van der Waals surface area contributed by atoms with Crippen molar-refractivity contribution in [3.05, 3.63) is 0 Å². The van der Waals surface area contributed by atoms with E-state index in [0.29, 0.717) is 12.8 Å². The van der Waals surface area contributed by atoms with Crippen molar-refractivity contribution in [2.45, 2.75) is 25.9 Å². The van der Waals surface area contributed by atoms with Crippen molar-refractivity contribution >= 4 is 5.78 Å². The summed E-state index contributed by atoms with van der Waals surface area (Å²) in [5.41, 5.74) is 0. The third-order valence-electron chi connectivity index (χ3n) is 1.04. The third-order valence-corrected chi connectivity index (χ3v) is 1.04. The van der Waals surface area contributed by atoms with E-state index < -0.39 is 6.10 Å². The van der Waals surface area contributed by atoms with Crippen LogP contribution in [0.5, 0.6) is 0 Å². The topological polar surface area (TPSA) is 57.5 Å². The molecule has 0 aromatic carbocycles. The molecule has 0 aromatic rings. The first-order valence-corrected chi connectivity index (χ1v) is 2.95. The monoisotopic (exact) mass is 132 g/mol. The second-order valence-corrected chi connectivity index (χ2v) is 2.08. The molecule has 0 saturated carbocycles. The second kappa shape index (κ2) is 4.47. The Labute approximate surface area is 54.3 Å². The van der Waals surface area contributed by atoms with Gasteiger partial charge in [0.2, 0.25) is 0 Å². The summed E-state index contributed by atoms with van der Waals surface area (Å²) < 4.78 is 0. The summed E-state index contributed by atoms with van der Waals surface area (Å²) in [6.45, 7) is 1.21. The van der Waals surface area contributed by atoms with Gasteiger partial charge in [0.15, 0.2) is 0 Å². The largest absolute Gasteiger partial charge is 0.394 e. The van der Waals surface area contributed by atoms with E-state index in [2.05, 4.69) is 0 Å². The van der Waals surface area contributed by atoms with Gasteiger partial charge in [-0.25, -0.2) is 0 Å². The molecule has 0 fully saturated rings. The highest BCUT2D eigenvalue weighted by Gasteiger charge is 2.02. The molecule has 0 bridgehead atoms. The minimum atomic E-state index is -0.728. The van der Waals surface area contributed by atoms with Crippen LogP contribution in [0.3, 0.4) is 0 Å². The molecule has 0 heterocycles. The van der Waals surface area contributed by atoms with E-state index in [1.54, 1.807) is 0 Å². The van der Waals surface area contributed by atoms with Gasteiger partial charge in [-0.1, -0.05) is 0 Å². The van der Waals surface area contributed by atoms with E-state index in [0.717, 1.165) is 0 Å². The van der Waals surface area contributed by atoms with E-state index in [4.69, 9.17) is 10.2 Å². The highest BCUT2D eigenvalue weighted by atomic mass is 16.3. The van der Waals surface area contributed by atoms with Crippen LogP contribution in [0.15, 0.2) is 0 Å². The van der Waals surface area contributed by atoms with E-state index in [-0.39, 0.29) is 12.4 Å². The fourth-order valence-corrected chi connectivity index (χ4v) is 0.461. The first kappa shape index (κ1) is 8.59. The molecule has 0 aliphatic carbocycles. The second-order valence-electron chi connectivity index (χ2n) is 2.08. The average Bonchev–Trinajstić information content (AvgIpc) is 1.83. The SMILES string of the molecule is CC(=O)CCC(O)CO. The Kier molecular flexibility index (Phi) is 4.26. The molecule has 1 unspecified atom stereocenters. The molecular formula is C6H12O3. The maximum absolute atomic E-state index is 10.3. The fraction of sp³-hybridized carbons (Fsp3) is 0.833. The smallest absolute Gasteiger partial charge is 0.129 e. The lowest BCUT2D eigenvalue weighted by Gasteiger charge is -2.02. The lowest BCUT2D eigenvalue weighted by molar-refractivity contribution is -0.117. The van der Waals surface area contributed by atoms with E-state index in [9.17, 15) is 4.79 Å². The summed E-state index contributed by atoms with van der Waals surface area (Å²) in [7, 11) is 0. The third kappa shape index (κ3) is 5.46. The molecule has 54 valence electrons. The molecule has 0 amide bonds. The number of aliphatic hydroxyl groups is 2. The molecule has 0 aliphatic heterocycles. The number of Topliss-reactive ketones (excluding diaryl/α,β-unsaturated/α-hetero) is 1. The van der Waals surface area contributed by atoms with Gasteiger partial charge in [-0.2, -0.15) is 0 Å². The Balaban J connectivity index is 3.16. The molecule has 9 heavy (non-hydrogen) atoms. The standard InChI is InChI=1S/C6H12O3/c1-5(8)2-3-6(9)4-7/h6-7,9H,2-4H2,1H3. The minimum Gasteiger partial charge on any atom is -0.394 e. The van der Waals surface area contributed by atoms with E-state index >= 15 is 0 Å². The molecule has 0 saturated heterocycles. The average molecular weight is 132 g/mol. The van der Waals surface area contributed by atoms with Crippen molar-refractivity contribution in [3.63, 3.8) is 0 Å². The molecule has 0 rings (SSSR count). The predicted octanol–water partition coefficient (Wildman–Crippen LogP) is -0.291. The summed E-state index contributed by atoms with van der Waals surface area (Å²) in [6, 6.07) is 0. The molecule has 0 radical (unpaired) electrons. The van der Waals surface area contributed by atoms with Gasteiger partial charge in [-0.3, -0.25) is 0 Å². The zero-order valence-corrected chi connectivity index (χ0v) is 5.50. The molecule has 3 heteroatoms. The molecule has 0 spiro atoms. The highest BCUT2D eigenvalue weighted by Crippen LogP contribution is 1.95. The van der Waals surface area contributed by atoms with Gasteiger partial charge >= 0.3 is 0 Å².